The van der Waals surface area contributed by atoms with Gasteiger partial charge in [-0.25, -0.2) is 4.39 Å². The Balaban J connectivity index is 1.24. The van der Waals surface area contributed by atoms with Gasteiger partial charge in [-0.15, -0.1) is 0 Å². The number of halogens is 2. The van der Waals surface area contributed by atoms with Crippen LogP contribution in [0, 0.1) is 5.82 Å². The van der Waals surface area contributed by atoms with Gasteiger partial charge < -0.3 is 20.3 Å². The molecular formula is C34H41ClFN3O3. The van der Waals surface area contributed by atoms with Crippen molar-refractivity contribution in [3.05, 3.63) is 100 Å². The Kier molecular flexibility index (Phi) is 10.3. The number of nitrogens with one attached hydrogen (secondary N) is 2. The van der Waals surface area contributed by atoms with Crippen molar-refractivity contribution in [2.45, 2.75) is 69.6 Å². The number of likely N-dealkylation sites (N-methyl/N-ethyl adjacent to an activating group) is 1. The number of hydrogen-bond acceptors (Lipinski definition) is 4. The summed E-state index contributed by atoms with van der Waals surface area (Å²) in [6.07, 6.45) is 4.95. The van der Waals surface area contributed by atoms with Crippen LogP contribution in [-0.2, 0) is 17.6 Å². The average Bonchev–Trinajstić information content (AvgIpc) is 2.95. The number of rotatable bonds is 11. The summed E-state index contributed by atoms with van der Waals surface area (Å²) < 4.78 is 19.9. The standard InChI is InChI=1S/C34H41ClFN3O3/c1-33(2,42-30-14-8-24(9-15-30)18-21-37-31(40)26-10-12-27(35)13-11-26)32(41)38-29-16-19-34(20-17-29,39(3)4)23-25-6-5-7-28(36)22-25/h5-15,22,29H,16-21,23H2,1-4H3,(H,37,40)(H,38,41). The topological polar surface area (TPSA) is 70.7 Å². The number of nitrogens with zero attached hydrogens (tertiary/aromatic N) is 1. The molecule has 0 bridgehead atoms. The van der Waals surface area contributed by atoms with E-state index in [1.807, 2.05) is 30.3 Å². The number of amides is 2. The first-order chi connectivity index (χ1) is 20.0. The van der Waals surface area contributed by atoms with Gasteiger partial charge in [0.15, 0.2) is 5.60 Å². The highest BCUT2D eigenvalue weighted by molar-refractivity contribution is 6.30. The SMILES string of the molecule is CN(C)C1(Cc2cccc(F)c2)CCC(NC(=O)C(C)(C)Oc2ccc(CCNC(=O)c3ccc(Cl)cc3)cc2)CC1. The molecule has 2 amide bonds. The zero-order valence-corrected chi connectivity index (χ0v) is 25.6. The number of benzene rings is 3. The Labute approximate surface area is 253 Å². The Morgan fingerprint density at radius 3 is 2.29 bits per heavy atom. The monoisotopic (exact) mass is 593 g/mol. The van der Waals surface area contributed by atoms with Crippen LogP contribution in [0.25, 0.3) is 0 Å². The molecule has 224 valence electrons. The maximum absolute atomic E-state index is 13.8. The molecule has 1 fully saturated rings. The van der Waals surface area contributed by atoms with E-state index in [-0.39, 0.29) is 29.2 Å². The number of ether oxygens (including phenoxy) is 1. The second-order valence-corrected chi connectivity index (χ2v) is 12.4. The van der Waals surface area contributed by atoms with E-state index in [9.17, 15) is 14.0 Å². The summed E-state index contributed by atoms with van der Waals surface area (Å²) in [6, 6.07) is 21.3. The summed E-state index contributed by atoms with van der Waals surface area (Å²) in [6.45, 7) is 4.05. The number of hydrogen-bond donors (Lipinski definition) is 2. The quantitative estimate of drug-likeness (QED) is 0.277. The lowest BCUT2D eigenvalue weighted by atomic mass is 9.74. The third kappa shape index (κ3) is 8.33. The number of carbonyl (C=O) groups excluding carboxylic acids is 2. The minimum atomic E-state index is -1.05. The van der Waals surface area contributed by atoms with Crippen LogP contribution in [0.5, 0.6) is 5.75 Å². The first-order valence-electron chi connectivity index (χ1n) is 14.5. The molecule has 8 heteroatoms. The van der Waals surface area contributed by atoms with Gasteiger partial charge in [-0.1, -0.05) is 35.9 Å². The Morgan fingerprint density at radius 1 is 1.00 bits per heavy atom. The summed E-state index contributed by atoms with van der Waals surface area (Å²) >= 11 is 5.89. The Morgan fingerprint density at radius 2 is 1.67 bits per heavy atom. The minimum absolute atomic E-state index is 0.0615. The van der Waals surface area contributed by atoms with E-state index in [1.54, 1.807) is 50.2 Å². The molecule has 0 radical (unpaired) electrons. The van der Waals surface area contributed by atoms with Crippen LogP contribution in [0.3, 0.4) is 0 Å². The highest BCUT2D eigenvalue weighted by atomic mass is 35.5. The first kappa shape index (κ1) is 31.5. The third-order valence-electron chi connectivity index (χ3n) is 8.27. The van der Waals surface area contributed by atoms with Gasteiger partial charge in [0.05, 0.1) is 0 Å². The summed E-state index contributed by atoms with van der Waals surface area (Å²) in [5, 5.41) is 6.71. The predicted octanol–water partition coefficient (Wildman–Crippen LogP) is 6.21. The molecule has 42 heavy (non-hydrogen) atoms. The highest BCUT2D eigenvalue weighted by Crippen LogP contribution is 2.36. The molecule has 1 saturated carbocycles. The fraction of sp³-hybridized carbons (Fsp3) is 0.412. The summed E-state index contributed by atoms with van der Waals surface area (Å²) in [5.41, 5.74) is 1.49. The van der Waals surface area contributed by atoms with Crippen LogP contribution in [0.15, 0.2) is 72.8 Å². The van der Waals surface area contributed by atoms with Crippen LogP contribution >= 0.6 is 11.6 Å². The molecule has 4 rings (SSSR count). The van der Waals surface area contributed by atoms with Crippen molar-refractivity contribution in [3.63, 3.8) is 0 Å². The molecule has 0 saturated heterocycles. The maximum atomic E-state index is 13.8. The van der Waals surface area contributed by atoms with Crippen molar-refractivity contribution < 1.29 is 18.7 Å². The van der Waals surface area contributed by atoms with E-state index in [0.29, 0.717) is 29.3 Å². The van der Waals surface area contributed by atoms with Crippen LogP contribution in [0.1, 0.15) is 61.0 Å². The molecule has 3 aromatic carbocycles. The van der Waals surface area contributed by atoms with Crippen molar-refractivity contribution in [2.75, 3.05) is 20.6 Å². The zero-order chi connectivity index (χ0) is 30.3. The number of carbonyl (C=O) groups is 2. The van der Waals surface area contributed by atoms with Gasteiger partial charge in [0, 0.05) is 28.7 Å². The molecule has 1 aliphatic carbocycles. The van der Waals surface area contributed by atoms with E-state index in [1.165, 1.54) is 6.07 Å². The van der Waals surface area contributed by atoms with Gasteiger partial charge in [0.25, 0.3) is 11.8 Å². The minimum Gasteiger partial charge on any atom is -0.478 e. The van der Waals surface area contributed by atoms with Gasteiger partial charge in [-0.3, -0.25) is 9.59 Å². The van der Waals surface area contributed by atoms with E-state index in [4.69, 9.17) is 16.3 Å². The van der Waals surface area contributed by atoms with Gasteiger partial charge in [-0.2, -0.15) is 0 Å². The summed E-state index contributed by atoms with van der Waals surface area (Å²) in [7, 11) is 4.16. The lowest BCUT2D eigenvalue weighted by Crippen LogP contribution is -2.55. The molecule has 0 atom stereocenters. The summed E-state index contributed by atoms with van der Waals surface area (Å²) in [5.74, 6) is 0.104. The second kappa shape index (κ2) is 13.7. The van der Waals surface area contributed by atoms with Crippen LogP contribution in [0.4, 0.5) is 4.39 Å². The second-order valence-electron chi connectivity index (χ2n) is 11.9. The molecule has 0 heterocycles. The predicted molar refractivity (Wildman–Crippen MR) is 166 cm³/mol. The molecule has 3 aromatic rings. The van der Waals surface area contributed by atoms with E-state index >= 15 is 0 Å². The zero-order valence-electron chi connectivity index (χ0n) is 24.9. The Hall–Kier alpha value is -3.42. The molecular weight excluding hydrogens is 553 g/mol. The average molecular weight is 594 g/mol. The molecule has 1 aliphatic rings. The van der Waals surface area contributed by atoms with Gasteiger partial charge >= 0.3 is 0 Å². The van der Waals surface area contributed by atoms with Crippen molar-refractivity contribution in [3.8, 4) is 5.75 Å². The van der Waals surface area contributed by atoms with Crippen molar-refractivity contribution in [2.24, 2.45) is 0 Å². The molecule has 0 unspecified atom stereocenters. The smallest absolute Gasteiger partial charge is 0.263 e. The summed E-state index contributed by atoms with van der Waals surface area (Å²) in [4.78, 5) is 27.8. The highest BCUT2D eigenvalue weighted by Gasteiger charge is 2.39. The van der Waals surface area contributed by atoms with Gasteiger partial charge in [-0.05, 0) is 126 Å². The third-order valence-corrected chi connectivity index (χ3v) is 8.52. The lowest BCUT2D eigenvalue weighted by Gasteiger charge is -2.46. The van der Waals surface area contributed by atoms with E-state index in [0.717, 1.165) is 43.2 Å². The maximum Gasteiger partial charge on any atom is 0.263 e. The fourth-order valence-electron chi connectivity index (χ4n) is 5.56. The molecule has 0 spiro atoms. The van der Waals surface area contributed by atoms with E-state index in [2.05, 4.69) is 29.6 Å². The van der Waals surface area contributed by atoms with Gasteiger partial charge in [0.2, 0.25) is 0 Å². The van der Waals surface area contributed by atoms with Crippen LogP contribution in [0.2, 0.25) is 5.02 Å². The Bertz CT molecular complexity index is 1350. The fourth-order valence-corrected chi connectivity index (χ4v) is 5.68. The van der Waals surface area contributed by atoms with Gasteiger partial charge in [0.1, 0.15) is 11.6 Å². The lowest BCUT2D eigenvalue weighted by molar-refractivity contribution is -0.135. The van der Waals surface area contributed by atoms with Crippen LogP contribution < -0.4 is 15.4 Å². The molecule has 6 nitrogen and oxygen atoms in total. The van der Waals surface area contributed by atoms with Crippen molar-refractivity contribution in [1.29, 1.82) is 0 Å². The molecule has 0 aliphatic heterocycles. The largest absolute Gasteiger partial charge is 0.478 e. The first-order valence-corrected chi connectivity index (χ1v) is 14.9. The van der Waals surface area contributed by atoms with Crippen LogP contribution in [-0.4, -0.2) is 54.5 Å². The molecule has 0 aromatic heterocycles. The van der Waals surface area contributed by atoms with E-state index < -0.39 is 5.60 Å². The van der Waals surface area contributed by atoms with Crippen molar-refractivity contribution in [1.82, 2.24) is 15.5 Å². The van der Waals surface area contributed by atoms with Crippen molar-refractivity contribution >= 4 is 23.4 Å². The normalized spacial score (nSPS) is 18.9. The molecule has 2 N–H and O–H groups in total.